The summed E-state index contributed by atoms with van der Waals surface area (Å²) in [4.78, 5) is 0.0829. The van der Waals surface area contributed by atoms with Crippen LogP contribution < -0.4 is 9.44 Å². The van der Waals surface area contributed by atoms with Gasteiger partial charge in [-0.15, -0.1) is 0 Å². The first-order valence-corrected chi connectivity index (χ1v) is 9.83. The number of rotatable bonds is 6. The lowest BCUT2D eigenvalue weighted by molar-refractivity contribution is 0.114. The number of hydrogen-bond donors (Lipinski definition) is 2. The van der Waals surface area contributed by atoms with E-state index >= 15 is 0 Å². The molecular formula is C12H18N2O5S2. The summed E-state index contributed by atoms with van der Waals surface area (Å²) in [5, 5.41) is 0. The normalized spacial score (nSPS) is 19.6. The molecule has 0 aliphatic carbocycles. The molecule has 1 aliphatic heterocycles. The van der Waals surface area contributed by atoms with Gasteiger partial charge in [0.05, 0.1) is 17.3 Å². The van der Waals surface area contributed by atoms with Crippen LogP contribution in [0, 0.1) is 0 Å². The lowest BCUT2D eigenvalue weighted by Gasteiger charge is -2.12. The van der Waals surface area contributed by atoms with Crippen LogP contribution in [-0.2, 0) is 24.8 Å². The molecule has 2 rings (SSSR count). The van der Waals surface area contributed by atoms with Gasteiger partial charge in [0, 0.05) is 18.8 Å². The molecule has 118 valence electrons. The van der Waals surface area contributed by atoms with E-state index in [0.717, 1.165) is 19.1 Å². The molecular weight excluding hydrogens is 316 g/mol. The van der Waals surface area contributed by atoms with Crippen LogP contribution in [0.4, 0.5) is 5.69 Å². The molecule has 0 unspecified atom stereocenters. The molecule has 0 spiro atoms. The van der Waals surface area contributed by atoms with E-state index in [1.54, 1.807) is 0 Å². The first kappa shape index (κ1) is 16.2. The molecule has 0 bridgehead atoms. The van der Waals surface area contributed by atoms with Crippen LogP contribution in [0.3, 0.4) is 0 Å². The fourth-order valence-corrected chi connectivity index (χ4v) is 3.64. The molecule has 1 fully saturated rings. The van der Waals surface area contributed by atoms with Crippen LogP contribution in [-0.4, -0.2) is 42.3 Å². The Balaban J connectivity index is 2.02. The van der Waals surface area contributed by atoms with Crippen LogP contribution in [0.1, 0.15) is 12.8 Å². The molecule has 1 atom stereocenters. The number of anilines is 1. The summed E-state index contributed by atoms with van der Waals surface area (Å²) < 4.78 is 56.4. The number of sulfonamides is 2. The Morgan fingerprint density at radius 1 is 1.19 bits per heavy atom. The topological polar surface area (TPSA) is 102 Å². The van der Waals surface area contributed by atoms with Crippen molar-refractivity contribution >= 4 is 25.7 Å². The van der Waals surface area contributed by atoms with Crippen LogP contribution in [0.25, 0.3) is 0 Å². The molecule has 1 aliphatic rings. The maximum Gasteiger partial charge on any atom is 0.240 e. The summed E-state index contributed by atoms with van der Waals surface area (Å²) in [7, 11) is -6.99. The van der Waals surface area contributed by atoms with E-state index in [2.05, 4.69) is 9.44 Å². The van der Waals surface area contributed by atoms with E-state index in [1.807, 2.05) is 0 Å². The van der Waals surface area contributed by atoms with Crippen molar-refractivity contribution in [2.24, 2.45) is 0 Å². The van der Waals surface area contributed by atoms with Crippen molar-refractivity contribution in [3.8, 4) is 0 Å². The monoisotopic (exact) mass is 334 g/mol. The van der Waals surface area contributed by atoms with Crippen LogP contribution in [0.5, 0.6) is 0 Å². The summed E-state index contributed by atoms with van der Waals surface area (Å²) in [5.74, 6) is 0. The molecule has 21 heavy (non-hydrogen) atoms. The van der Waals surface area contributed by atoms with Gasteiger partial charge < -0.3 is 4.74 Å². The van der Waals surface area contributed by atoms with Crippen molar-refractivity contribution in [3.63, 3.8) is 0 Å². The summed E-state index contributed by atoms with van der Waals surface area (Å²) in [6.45, 7) is 0.907. The van der Waals surface area contributed by atoms with Crippen LogP contribution >= 0.6 is 0 Å². The maximum absolute atomic E-state index is 12.1. The molecule has 1 aromatic carbocycles. The average Bonchev–Trinajstić information content (AvgIpc) is 2.88. The van der Waals surface area contributed by atoms with Gasteiger partial charge in [-0.1, -0.05) is 0 Å². The van der Waals surface area contributed by atoms with Gasteiger partial charge in [0.2, 0.25) is 20.0 Å². The summed E-state index contributed by atoms with van der Waals surface area (Å²) >= 11 is 0. The quantitative estimate of drug-likeness (QED) is 0.789. The van der Waals surface area contributed by atoms with Crippen molar-refractivity contribution in [1.29, 1.82) is 0 Å². The standard InChI is InChI=1S/C12H18N2O5S2/c1-20(15,16)14-10-4-6-12(7-5-10)21(17,18)13-9-11-3-2-8-19-11/h4-7,11,13-14H,2-3,8-9H2,1H3/t11-/m1/s1. The van der Waals surface area contributed by atoms with E-state index < -0.39 is 20.0 Å². The first-order valence-electron chi connectivity index (χ1n) is 6.45. The number of ether oxygens (including phenoxy) is 1. The molecule has 0 saturated carbocycles. The van der Waals surface area contributed by atoms with Crippen molar-refractivity contribution in [2.45, 2.75) is 23.8 Å². The van der Waals surface area contributed by atoms with Gasteiger partial charge in [-0.2, -0.15) is 0 Å². The van der Waals surface area contributed by atoms with Crippen LogP contribution in [0.15, 0.2) is 29.2 Å². The average molecular weight is 334 g/mol. The fourth-order valence-electron chi connectivity index (χ4n) is 2.01. The molecule has 2 N–H and O–H groups in total. The lowest BCUT2D eigenvalue weighted by atomic mass is 10.2. The zero-order valence-corrected chi connectivity index (χ0v) is 13.2. The maximum atomic E-state index is 12.1. The highest BCUT2D eigenvalue weighted by Crippen LogP contribution is 2.16. The van der Waals surface area contributed by atoms with Gasteiger partial charge in [-0.25, -0.2) is 21.6 Å². The van der Waals surface area contributed by atoms with Crippen molar-refractivity contribution in [3.05, 3.63) is 24.3 Å². The fraction of sp³-hybridized carbons (Fsp3) is 0.500. The Hall–Kier alpha value is -1.16. The van der Waals surface area contributed by atoms with Crippen molar-refractivity contribution in [2.75, 3.05) is 24.1 Å². The minimum absolute atomic E-state index is 0.0778. The molecule has 0 radical (unpaired) electrons. The molecule has 1 heterocycles. The van der Waals surface area contributed by atoms with Gasteiger partial charge in [0.15, 0.2) is 0 Å². The minimum Gasteiger partial charge on any atom is -0.377 e. The Morgan fingerprint density at radius 2 is 1.86 bits per heavy atom. The Kier molecular flexibility index (Phi) is 4.87. The highest BCUT2D eigenvalue weighted by Gasteiger charge is 2.20. The second-order valence-electron chi connectivity index (χ2n) is 4.89. The van der Waals surface area contributed by atoms with Gasteiger partial charge >= 0.3 is 0 Å². The SMILES string of the molecule is CS(=O)(=O)Nc1ccc(S(=O)(=O)NC[C@H]2CCCO2)cc1. The van der Waals surface area contributed by atoms with Crippen molar-refractivity contribution < 1.29 is 21.6 Å². The second kappa shape index (κ2) is 6.30. The molecule has 0 aromatic heterocycles. The molecule has 1 aromatic rings. The zero-order chi connectivity index (χ0) is 15.5. The van der Waals surface area contributed by atoms with Gasteiger partial charge in [0.1, 0.15) is 0 Å². The van der Waals surface area contributed by atoms with E-state index in [9.17, 15) is 16.8 Å². The predicted octanol–water partition coefficient (Wildman–Crippen LogP) is 0.515. The molecule has 0 amide bonds. The Morgan fingerprint density at radius 3 is 2.38 bits per heavy atom. The summed E-state index contributed by atoms with van der Waals surface area (Å²) in [5.41, 5.74) is 0.315. The van der Waals surface area contributed by atoms with E-state index in [0.29, 0.717) is 12.3 Å². The predicted molar refractivity (Wildman–Crippen MR) is 79.1 cm³/mol. The van der Waals surface area contributed by atoms with Gasteiger partial charge in [0.25, 0.3) is 0 Å². The first-order chi connectivity index (χ1) is 9.76. The van der Waals surface area contributed by atoms with Gasteiger partial charge in [-0.3, -0.25) is 4.72 Å². The summed E-state index contributed by atoms with van der Waals surface area (Å²) in [6.07, 6.45) is 2.74. The third-order valence-electron chi connectivity index (χ3n) is 2.99. The highest BCUT2D eigenvalue weighted by atomic mass is 32.2. The smallest absolute Gasteiger partial charge is 0.240 e. The minimum atomic E-state index is -3.62. The number of benzene rings is 1. The zero-order valence-electron chi connectivity index (χ0n) is 11.6. The second-order valence-corrected chi connectivity index (χ2v) is 8.40. The van der Waals surface area contributed by atoms with Crippen molar-refractivity contribution in [1.82, 2.24) is 4.72 Å². The number of nitrogens with one attached hydrogen (secondary N) is 2. The van der Waals surface area contributed by atoms with E-state index in [4.69, 9.17) is 4.74 Å². The molecule has 1 saturated heterocycles. The van der Waals surface area contributed by atoms with E-state index in [1.165, 1.54) is 24.3 Å². The van der Waals surface area contributed by atoms with Crippen LogP contribution in [0.2, 0.25) is 0 Å². The third-order valence-corrected chi connectivity index (χ3v) is 5.04. The highest BCUT2D eigenvalue weighted by molar-refractivity contribution is 7.92. The molecule has 9 heteroatoms. The Bertz CT molecular complexity index is 677. The Labute approximate surface area is 124 Å². The largest absolute Gasteiger partial charge is 0.377 e. The summed E-state index contributed by atoms with van der Waals surface area (Å²) in [6, 6.07) is 5.51. The lowest BCUT2D eigenvalue weighted by Crippen LogP contribution is -2.31. The van der Waals surface area contributed by atoms with Gasteiger partial charge in [-0.05, 0) is 37.1 Å². The molecule has 7 nitrogen and oxygen atoms in total. The van der Waals surface area contributed by atoms with E-state index in [-0.39, 0.29) is 17.5 Å². The third kappa shape index (κ3) is 4.95. The number of hydrogen-bond acceptors (Lipinski definition) is 5.